The van der Waals surface area contributed by atoms with Crippen LogP contribution in [0, 0.1) is 0 Å². The summed E-state index contributed by atoms with van der Waals surface area (Å²) in [5.74, 6) is -0.179. The molecule has 2 aromatic carbocycles. The standard InChI is InChI=1S/C24H22N4O2S3/c1-4-26-21(30)19(23-25(3)16-13-9-10-14-17(16)32-23)33-22(26)18-20(29)27(5-2)24(31)28(18)15-11-7-6-8-12-15/h6-14H,4-5H2,1-3H3/b22-18?,23-19-. The molecule has 9 heteroatoms. The van der Waals surface area contributed by atoms with Gasteiger partial charge in [-0.25, -0.2) is 0 Å². The molecule has 33 heavy (non-hydrogen) atoms. The van der Waals surface area contributed by atoms with E-state index in [9.17, 15) is 9.59 Å². The fourth-order valence-corrected chi connectivity index (χ4v) is 7.07. The first-order valence-electron chi connectivity index (χ1n) is 10.7. The lowest BCUT2D eigenvalue weighted by Gasteiger charge is -2.19. The molecule has 2 aliphatic rings. The Balaban J connectivity index is 1.82. The normalized spacial score (nSPS) is 19.1. The Morgan fingerprint density at radius 2 is 1.64 bits per heavy atom. The van der Waals surface area contributed by atoms with Crippen molar-refractivity contribution in [1.82, 2.24) is 9.47 Å². The maximum absolute atomic E-state index is 13.6. The van der Waals surface area contributed by atoms with Gasteiger partial charge in [0.05, 0.1) is 5.69 Å². The lowest BCUT2D eigenvalue weighted by Crippen LogP contribution is -2.36. The zero-order valence-corrected chi connectivity index (χ0v) is 20.9. The molecule has 1 amide bonds. The molecule has 0 radical (unpaired) electrons. The van der Waals surface area contributed by atoms with Crippen molar-refractivity contribution in [3.8, 4) is 0 Å². The Morgan fingerprint density at radius 3 is 2.30 bits per heavy atom. The predicted molar refractivity (Wildman–Crippen MR) is 140 cm³/mol. The van der Waals surface area contributed by atoms with E-state index < -0.39 is 0 Å². The van der Waals surface area contributed by atoms with E-state index in [1.54, 1.807) is 26.1 Å². The molecule has 2 aliphatic heterocycles. The molecule has 0 N–H and O–H groups in total. The van der Waals surface area contributed by atoms with E-state index in [-0.39, 0.29) is 11.5 Å². The summed E-state index contributed by atoms with van der Waals surface area (Å²) in [4.78, 5) is 33.6. The fraction of sp³-hybridized carbons (Fsp3) is 0.208. The van der Waals surface area contributed by atoms with E-state index in [0.29, 0.717) is 33.1 Å². The zero-order valence-electron chi connectivity index (χ0n) is 18.4. The Hall–Kier alpha value is -2.88. The van der Waals surface area contributed by atoms with Gasteiger partial charge in [0.2, 0.25) is 0 Å². The highest BCUT2D eigenvalue weighted by Gasteiger charge is 2.40. The first-order chi connectivity index (χ1) is 16.0. The van der Waals surface area contributed by atoms with Crippen LogP contribution < -0.4 is 24.6 Å². The zero-order chi connectivity index (χ0) is 23.3. The average molecular weight is 495 g/mol. The SMILES string of the molecule is CCN1C(=O)C(=c2s/c(=C3\Sc4ccccc4N3C)c(=O)n2CC)N(c2ccccc2)C1=S. The number of thiocarbonyl (C=S) groups is 1. The molecule has 0 aliphatic carbocycles. The summed E-state index contributed by atoms with van der Waals surface area (Å²) in [6.07, 6.45) is 0. The highest BCUT2D eigenvalue weighted by molar-refractivity contribution is 8.08. The molecule has 3 heterocycles. The van der Waals surface area contributed by atoms with Gasteiger partial charge in [0, 0.05) is 30.7 Å². The van der Waals surface area contributed by atoms with E-state index >= 15 is 0 Å². The lowest BCUT2D eigenvalue weighted by atomic mass is 10.3. The summed E-state index contributed by atoms with van der Waals surface area (Å²) in [7, 11) is 1.97. The number of thioether (sulfide) groups is 1. The number of fused-ring (bicyclic) bond motifs is 1. The molecule has 6 nitrogen and oxygen atoms in total. The number of para-hydroxylation sites is 2. The van der Waals surface area contributed by atoms with Crippen molar-refractivity contribution in [1.29, 1.82) is 0 Å². The molecule has 0 spiro atoms. The van der Waals surface area contributed by atoms with Gasteiger partial charge in [-0.1, -0.05) is 42.1 Å². The van der Waals surface area contributed by atoms with Crippen molar-refractivity contribution in [2.45, 2.75) is 25.3 Å². The third-order valence-corrected chi connectivity index (χ3v) is 8.71. The highest BCUT2D eigenvalue weighted by Crippen LogP contribution is 2.45. The quantitative estimate of drug-likeness (QED) is 0.522. The summed E-state index contributed by atoms with van der Waals surface area (Å²) < 4.78 is 2.95. The molecule has 1 aromatic heterocycles. The molecule has 1 saturated heterocycles. The summed E-state index contributed by atoms with van der Waals surface area (Å²) in [5, 5.41) is 1.31. The van der Waals surface area contributed by atoms with Crippen molar-refractivity contribution in [3.63, 3.8) is 0 Å². The number of rotatable bonds is 3. The van der Waals surface area contributed by atoms with Crippen LogP contribution in [0.1, 0.15) is 13.8 Å². The van der Waals surface area contributed by atoms with Crippen molar-refractivity contribution in [2.24, 2.45) is 0 Å². The number of hydrogen-bond acceptors (Lipinski definition) is 6. The highest BCUT2D eigenvalue weighted by atomic mass is 32.2. The van der Waals surface area contributed by atoms with E-state index in [4.69, 9.17) is 12.2 Å². The Morgan fingerprint density at radius 1 is 0.939 bits per heavy atom. The van der Waals surface area contributed by atoms with Gasteiger partial charge in [-0.15, -0.1) is 11.3 Å². The Labute approximate surface area is 205 Å². The number of thiazole rings is 1. The maximum atomic E-state index is 13.6. The van der Waals surface area contributed by atoms with Crippen molar-refractivity contribution < 1.29 is 4.79 Å². The second-order valence-electron chi connectivity index (χ2n) is 7.57. The van der Waals surface area contributed by atoms with Crippen LogP contribution in [0.5, 0.6) is 0 Å². The van der Waals surface area contributed by atoms with Crippen LogP contribution in [0.15, 0.2) is 64.3 Å². The molecule has 5 rings (SSSR count). The van der Waals surface area contributed by atoms with E-state index in [1.165, 1.54) is 11.3 Å². The van der Waals surface area contributed by atoms with Crippen molar-refractivity contribution in [3.05, 3.63) is 74.1 Å². The number of aromatic nitrogens is 1. The third kappa shape index (κ3) is 3.34. The number of likely N-dealkylation sites (N-methyl/N-ethyl adjacent to an activating group) is 1. The predicted octanol–water partition coefficient (Wildman–Crippen LogP) is 3.00. The second kappa shape index (κ2) is 8.48. The number of anilines is 2. The Bertz CT molecular complexity index is 1460. The fourth-order valence-electron chi connectivity index (χ4n) is 4.12. The molecular weight excluding hydrogens is 472 g/mol. The van der Waals surface area contributed by atoms with E-state index in [0.717, 1.165) is 21.3 Å². The molecule has 0 bridgehead atoms. The Kier molecular flexibility index (Phi) is 5.64. The van der Waals surface area contributed by atoms with E-state index in [1.807, 2.05) is 69.4 Å². The van der Waals surface area contributed by atoms with Crippen LogP contribution in [-0.2, 0) is 11.3 Å². The molecule has 0 unspecified atom stereocenters. The minimum Gasteiger partial charge on any atom is -0.337 e. The van der Waals surface area contributed by atoms with Gasteiger partial charge in [0.15, 0.2) is 5.11 Å². The smallest absolute Gasteiger partial charge is 0.280 e. The maximum Gasteiger partial charge on any atom is 0.280 e. The van der Waals surface area contributed by atoms with Gasteiger partial charge in [-0.05, 0) is 50.3 Å². The van der Waals surface area contributed by atoms with Crippen LogP contribution in [-0.4, -0.2) is 34.1 Å². The lowest BCUT2D eigenvalue weighted by molar-refractivity contribution is -0.120. The monoisotopic (exact) mass is 494 g/mol. The summed E-state index contributed by atoms with van der Waals surface area (Å²) >= 11 is 8.65. The van der Waals surface area contributed by atoms with Crippen molar-refractivity contribution in [2.75, 3.05) is 23.4 Å². The van der Waals surface area contributed by atoms with Gasteiger partial charge in [-0.3, -0.25) is 24.0 Å². The van der Waals surface area contributed by atoms with E-state index in [2.05, 4.69) is 11.0 Å². The van der Waals surface area contributed by atoms with Crippen LogP contribution >= 0.6 is 35.3 Å². The summed E-state index contributed by atoms with van der Waals surface area (Å²) in [6.45, 7) is 4.75. The number of benzene rings is 2. The molecule has 0 atom stereocenters. The molecule has 3 aromatic rings. The topological polar surface area (TPSA) is 48.8 Å². The van der Waals surface area contributed by atoms with Crippen LogP contribution in [0.3, 0.4) is 0 Å². The van der Waals surface area contributed by atoms with Gasteiger partial charge >= 0.3 is 0 Å². The van der Waals surface area contributed by atoms with Gasteiger partial charge in [0.25, 0.3) is 11.5 Å². The number of nitrogens with zero attached hydrogens (tertiary/aromatic N) is 4. The third-order valence-electron chi connectivity index (χ3n) is 5.76. The molecular formula is C24H22N4O2S3. The van der Waals surface area contributed by atoms with Gasteiger partial charge in [-0.2, -0.15) is 0 Å². The number of amides is 1. The molecule has 1 fully saturated rings. The molecule has 168 valence electrons. The average Bonchev–Trinajstić information content (AvgIpc) is 3.42. The second-order valence-corrected chi connectivity index (χ2v) is 9.97. The first-order valence-corrected chi connectivity index (χ1v) is 12.7. The number of carbonyl (C=O) groups is 1. The first kappa shape index (κ1) is 21.9. The van der Waals surface area contributed by atoms with Crippen molar-refractivity contribution >= 4 is 68.4 Å². The van der Waals surface area contributed by atoms with Crippen LogP contribution in [0.4, 0.5) is 11.4 Å². The van der Waals surface area contributed by atoms with Crippen LogP contribution in [0.25, 0.3) is 10.7 Å². The minimum atomic E-state index is -0.179. The number of hydrogen-bond donors (Lipinski definition) is 0. The summed E-state index contributed by atoms with van der Waals surface area (Å²) in [5.41, 5.74) is 2.23. The van der Waals surface area contributed by atoms with Gasteiger partial charge in [0.1, 0.15) is 19.9 Å². The van der Waals surface area contributed by atoms with Gasteiger partial charge < -0.3 is 4.90 Å². The molecule has 0 saturated carbocycles. The van der Waals surface area contributed by atoms with Crippen LogP contribution in [0.2, 0.25) is 0 Å². The minimum absolute atomic E-state index is 0.0890. The largest absolute Gasteiger partial charge is 0.337 e. The summed E-state index contributed by atoms with van der Waals surface area (Å²) in [6, 6.07) is 17.7. The number of carbonyl (C=O) groups excluding carboxylic acids is 1.